The van der Waals surface area contributed by atoms with Gasteiger partial charge in [-0.25, -0.2) is 9.37 Å². The molecule has 1 aromatic heterocycles. The van der Waals surface area contributed by atoms with Crippen molar-refractivity contribution in [1.29, 1.82) is 0 Å². The Kier molecular flexibility index (Phi) is 5.04. The Bertz CT molecular complexity index is 716. The molecule has 0 aliphatic heterocycles. The fourth-order valence-electron chi connectivity index (χ4n) is 1.67. The lowest BCUT2D eigenvalue weighted by Gasteiger charge is -2.06. The van der Waals surface area contributed by atoms with E-state index in [2.05, 4.69) is 22.1 Å². The molecule has 21 heavy (non-hydrogen) atoms. The van der Waals surface area contributed by atoms with Gasteiger partial charge in [0.25, 0.3) is 5.91 Å². The van der Waals surface area contributed by atoms with E-state index in [1.165, 1.54) is 29.5 Å². The second kappa shape index (κ2) is 6.97. The molecule has 6 heteroatoms. The number of nitrogens with one attached hydrogen (secondary N) is 1. The zero-order chi connectivity index (χ0) is 15.2. The van der Waals surface area contributed by atoms with E-state index < -0.39 is 11.7 Å². The summed E-state index contributed by atoms with van der Waals surface area (Å²) in [5, 5.41) is 11.3. The molecule has 1 aromatic carbocycles. The number of carbonyl (C=O) groups is 1. The number of aliphatic hydroxyl groups is 1. The van der Waals surface area contributed by atoms with Gasteiger partial charge in [-0.05, 0) is 25.1 Å². The Hall–Kier alpha value is -2.23. The number of aliphatic hydroxyl groups excluding tert-OH is 1. The van der Waals surface area contributed by atoms with Gasteiger partial charge in [0, 0.05) is 10.4 Å². The molecule has 4 nitrogen and oxygen atoms in total. The number of hydrogen-bond donors (Lipinski definition) is 2. The first-order valence-electron chi connectivity index (χ1n) is 6.18. The predicted molar refractivity (Wildman–Crippen MR) is 78.4 cm³/mol. The highest BCUT2D eigenvalue weighted by Gasteiger charge is 2.13. The minimum absolute atomic E-state index is 0.0677. The Morgan fingerprint density at radius 2 is 2.33 bits per heavy atom. The van der Waals surface area contributed by atoms with Gasteiger partial charge < -0.3 is 10.4 Å². The zero-order valence-corrected chi connectivity index (χ0v) is 12.1. The molecule has 0 aliphatic carbocycles. The van der Waals surface area contributed by atoms with Gasteiger partial charge in [-0.1, -0.05) is 11.8 Å². The van der Waals surface area contributed by atoms with Crippen LogP contribution in [0.1, 0.15) is 26.5 Å². The topological polar surface area (TPSA) is 62.2 Å². The summed E-state index contributed by atoms with van der Waals surface area (Å²) in [6.07, 6.45) is 0. The Labute approximate surface area is 125 Å². The number of nitrogens with zero attached hydrogens (tertiary/aromatic N) is 1. The Morgan fingerprint density at radius 3 is 3.00 bits per heavy atom. The van der Waals surface area contributed by atoms with Crippen LogP contribution in [-0.4, -0.2) is 22.6 Å². The lowest BCUT2D eigenvalue weighted by atomic mass is 10.1. The summed E-state index contributed by atoms with van der Waals surface area (Å²) >= 11 is 1.44. The summed E-state index contributed by atoms with van der Waals surface area (Å²) in [5.74, 6) is 3.98. The number of rotatable bonds is 3. The summed E-state index contributed by atoms with van der Waals surface area (Å²) in [5.41, 5.74) is 2.96. The van der Waals surface area contributed by atoms with Gasteiger partial charge in [0.15, 0.2) is 0 Å². The maximum absolute atomic E-state index is 13.7. The molecule has 1 heterocycles. The van der Waals surface area contributed by atoms with E-state index in [9.17, 15) is 9.18 Å². The molecule has 0 saturated carbocycles. The molecule has 2 N–H and O–H groups in total. The van der Waals surface area contributed by atoms with Gasteiger partial charge in [-0.3, -0.25) is 4.79 Å². The van der Waals surface area contributed by atoms with E-state index in [0.717, 1.165) is 10.6 Å². The highest BCUT2D eigenvalue weighted by molar-refractivity contribution is 7.09. The molecule has 2 aromatic rings. The van der Waals surface area contributed by atoms with Crippen LogP contribution < -0.4 is 5.32 Å². The van der Waals surface area contributed by atoms with Crippen molar-refractivity contribution in [2.45, 2.75) is 13.5 Å². The first-order valence-corrected chi connectivity index (χ1v) is 7.06. The van der Waals surface area contributed by atoms with E-state index >= 15 is 0 Å². The Balaban J connectivity index is 2.13. The number of thiazole rings is 1. The molecule has 0 spiro atoms. The van der Waals surface area contributed by atoms with Crippen molar-refractivity contribution in [2.75, 3.05) is 6.61 Å². The molecule has 0 aliphatic rings. The standard InChI is InChI=1S/C15H13FN2O2S/c1-10-14(21-9-18-10)8-17-15(20)12-7-11(3-2-6-19)4-5-13(12)16/h4-5,7,9,19H,6,8H2,1H3,(H,17,20). The average molecular weight is 304 g/mol. The molecule has 0 radical (unpaired) electrons. The first-order chi connectivity index (χ1) is 10.1. The van der Waals surface area contributed by atoms with Crippen LogP contribution in [0.2, 0.25) is 0 Å². The third-order valence-corrected chi connectivity index (χ3v) is 3.71. The molecule has 0 atom stereocenters. The molecule has 0 saturated heterocycles. The van der Waals surface area contributed by atoms with Gasteiger partial charge in [-0.2, -0.15) is 0 Å². The minimum Gasteiger partial charge on any atom is -0.384 e. The van der Waals surface area contributed by atoms with E-state index in [1.54, 1.807) is 5.51 Å². The van der Waals surface area contributed by atoms with Crippen LogP contribution in [-0.2, 0) is 6.54 Å². The van der Waals surface area contributed by atoms with Crippen LogP contribution in [0.15, 0.2) is 23.7 Å². The Morgan fingerprint density at radius 1 is 1.52 bits per heavy atom. The van der Waals surface area contributed by atoms with E-state index in [4.69, 9.17) is 5.11 Å². The normalized spacial score (nSPS) is 9.86. The molecule has 2 rings (SSSR count). The monoisotopic (exact) mass is 304 g/mol. The number of carbonyl (C=O) groups excluding carboxylic acids is 1. The minimum atomic E-state index is -0.608. The van der Waals surface area contributed by atoms with Crippen LogP contribution in [0, 0.1) is 24.6 Å². The molecule has 108 valence electrons. The number of hydrogen-bond acceptors (Lipinski definition) is 4. The predicted octanol–water partition coefficient (Wildman–Crippen LogP) is 1.86. The van der Waals surface area contributed by atoms with E-state index in [1.807, 2.05) is 6.92 Å². The second-order valence-corrected chi connectivity index (χ2v) is 5.14. The summed E-state index contributed by atoms with van der Waals surface area (Å²) in [4.78, 5) is 17.0. The second-order valence-electron chi connectivity index (χ2n) is 4.20. The van der Waals surface area contributed by atoms with Crippen LogP contribution >= 0.6 is 11.3 Å². The third kappa shape index (κ3) is 3.88. The number of aromatic nitrogens is 1. The average Bonchev–Trinajstić information content (AvgIpc) is 2.89. The van der Waals surface area contributed by atoms with Gasteiger partial charge in [-0.15, -0.1) is 11.3 Å². The van der Waals surface area contributed by atoms with E-state index in [-0.39, 0.29) is 12.2 Å². The fraction of sp³-hybridized carbons (Fsp3) is 0.200. The van der Waals surface area contributed by atoms with Crippen molar-refractivity contribution in [3.63, 3.8) is 0 Å². The smallest absolute Gasteiger partial charge is 0.254 e. The molecular formula is C15H13FN2O2S. The summed E-state index contributed by atoms with van der Waals surface area (Å²) < 4.78 is 13.7. The van der Waals surface area contributed by atoms with Crippen molar-refractivity contribution in [3.05, 3.63) is 51.2 Å². The van der Waals surface area contributed by atoms with Gasteiger partial charge in [0.1, 0.15) is 12.4 Å². The summed E-state index contributed by atoms with van der Waals surface area (Å²) in [7, 11) is 0. The maximum atomic E-state index is 13.7. The first kappa shape index (κ1) is 15.2. The highest BCUT2D eigenvalue weighted by Crippen LogP contribution is 2.13. The number of benzene rings is 1. The van der Waals surface area contributed by atoms with E-state index in [0.29, 0.717) is 12.1 Å². The van der Waals surface area contributed by atoms with Crippen molar-refractivity contribution in [1.82, 2.24) is 10.3 Å². The summed E-state index contributed by atoms with van der Waals surface area (Å²) in [6, 6.07) is 4.02. The number of amides is 1. The molecule has 0 fully saturated rings. The van der Waals surface area contributed by atoms with Crippen LogP contribution in [0.25, 0.3) is 0 Å². The van der Waals surface area contributed by atoms with Crippen molar-refractivity contribution >= 4 is 17.2 Å². The van der Waals surface area contributed by atoms with Crippen LogP contribution in [0.5, 0.6) is 0 Å². The van der Waals surface area contributed by atoms with Crippen LogP contribution in [0.4, 0.5) is 4.39 Å². The van der Waals surface area contributed by atoms with Gasteiger partial charge in [0.2, 0.25) is 0 Å². The molecule has 1 amide bonds. The summed E-state index contributed by atoms with van der Waals surface area (Å²) in [6.45, 7) is 1.87. The SMILES string of the molecule is Cc1ncsc1CNC(=O)c1cc(C#CCO)ccc1F. The van der Waals surface area contributed by atoms with Gasteiger partial charge in [0.05, 0.1) is 23.3 Å². The third-order valence-electron chi connectivity index (χ3n) is 2.78. The fourth-order valence-corrected chi connectivity index (χ4v) is 2.39. The quantitative estimate of drug-likeness (QED) is 0.851. The van der Waals surface area contributed by atoms with Gasteiger partial charge >= 0.3 is 0 Å². The number of halogens is 1. The molecule has 0 unspecified atom stereocenters. The number of aryl methyl sites for hydroxylation is 1. The molecular weight excluding hydrogens is 291 g/mol. The highest BCUT2D eigenvalue weighted by atomic mass is 32.1. The largest absolute Gasteiger partial charge is 0.384 e. The lowest BCUT2D eigenvalue weighted by Crippen LogP contribution is -2.23. The maximum Gasteiger partial charge on any atom is 0.254 e. The van der Waals surface area contributed by atoms with Crippen LogP contribution in [0.3, 0.4) is 0 Å². The zero-order valence-electron chi connectivity index (χ0n) is 11.3. The van der Waals surface area contributed by atoms with Crippen molar-refractivity contribution in [2.24, 2.45) is 0 Å². The lowest BCUT2D eigenvalue weighted by molar-refractivity contribution is 0.0947. The molecule has 0 bridgehead atoms. The van der Waals surface area contributed by atoms with Crippen molar-refractivity contribution in [3.8, 4) is 11.8 Å². The van der Waals surface area contributed by atoms with Crippen molar-refractivity contribution < 1.29 is 14.3 Å².